The molecule has 0 radical (unpaired) electrons. The second kappa shape index (κ2) is 7.22. The Morgan fingerprint density at radius 3 is 2.62 bits per heavy atom. The number of ether oxygens (including phenoxy) is 1. The highest BCUT2D eigenvalue weighted by Crippen LogP contribution is 2.08. The summed E-state index contributed by atoms with van der Waals surface area (Å²) in [5.41, 5.74) is 7.05. The molecule has 2 N–H and O–H groups in total. The van der Waals surface area contributed by atoms with Crippen LogP contribution >= 0.6 is 11.6 Å². The molecule has 4 nitrogen and oxygen atoms in total. The predicted octanol–water partition coefficient (Wildman–Crippen LogP) is 1.50. The monoisotopic (exact) mass is 242 g/mol. The Labute approximate surface area is 99.9 Å². The smallest absolute Gasteiger partial charge is 0.306 e. The Bertz CT molecular complexity index is 327. The summed E-state index contributed by atoms with van der Waals surface area (Å²) in [5, 5.41) is 0.724. The SMILES string of the molecule is COC(=O)CCNNCc1ccc(Cl)cc1. The number of methoxy groups -OCH3 is 1. The van der Waals surface area contributed by atoms with Crippen LogP contribution in [0.3, 0.4) is 0 Å². The summed E-state index contributed by atoms with van der Waals surface area (Å²) in [4.78, 5) is 10.8. The molecule has 0 aliphatic rings. The number of hydrazine groups is 1. The molecule has 1 rings (SSSR count). The molecule has 5 heteroatoms. The first-order valence-corrected chi connectivity index (χ1v) is 5.37. The van der Waals surface area contributed by atoms with Crippen molar-refractivity contribution >= 4 is 17.6 Å². The molecule has 88 valence electrons. The van der Waals surface area contributed by atoms with E-state index in [9.17, 15) is 4.79 Å². The van der Waals surface area contributed by atoms with Gasteiger partial charge in [0.2, 0.25) is 0 Å². The van der Waals surface area contributed by atoms with E-state index in [2.05, 4.69) is 15.6 Å². The van der Waals surface area contributed by atoms with E-state index in [1.807, 2.05) is 24.3 Å². The quantitative estimate of drug-likeness (QED) is 0.451. The highest BCUT2D eigenvalue weighted by Gasteiger charge is 1.98. The van der Waals surface area contributed by atoms with E-state index in [4.69, 9.17) is 11.6 Å². The van der Waals surface area contributed by atoms with Gasteiger partial charge in [-0.2, -0.15) is 0 Å². The summed E-state index contributed by atoms with van der Waals surface area (Å²) in [6.07, 6.45) is 0.351. The fourth-order valence-corrected chi connectivity index (χ4v) is 1.25. The molecule has 0 saturated carbocycles. The van der Waals surface area contributed by atoms with Crippen molar-refractivity contribution in [3.8, 4) is 0 Å². The average molecular weight is 243 g/mol. The van der Waals surface area contributed by atoms with Crippen molar-refractivity contribution in [2.75, 3.05) is 13.7 Å². The molecule has 0 atom stereocenters. The Morgan fingerprint density at radius 1 is 1.31 bits per heavy atom. The van der Waals surface area contributed by atoms with Gasteiger partial charge < -0.3 is 4.74 Å². The molecular formula is C11H15ClN2O2. The molecule has 0 aliphatic heterocycles. The van der Waals surface area contributed by atoms with Crippen molar-refractivity contribution in [1.82, 2.24) is 10.9 Å². The largest absolute Gasteiger partial charge is 0.469 e. The van der Waals surface area contributed by atoms with Crippen LogP contribution in [0.2, 0.25) is 5.02 Å². The summed E-state index contributed by atoms with van der Waals surface area (Å²) >= 11 is 5.76. The highest BCUT2D eigenvalue weighted by molar-refractivity contribution is 6.30. The third-order valence-corrected chi connectivity index (χ3v) is 2.26. The summed E-state index contributed by atoms with van der Waals surface area (Å²) in [6.45, 7) is 1.22. The Kier molecular flexibility index (Phi) is 5.85. The van der Waals surface area contributed by atoms with Crippen molar-refractivity contribution in [3.63, 3.8) is 0 Å². The summed E-state index contributed by atoms with van der Waals surface area (Å²) < 4.78 is 4.51. The summed E-state index contributed by atoms with van der Waals surface area (Å²) in [5.74, 6) is -0.221. The van der Waals surface area contributed by atoms with E-state index < -0.39 is 0 Å². The van der Waals surface area contributed by atoms with Crippen LogP contribution in [0.5, 0.6) is 0 Å². The van der Waals surface area contributed by atoms with E-state index in [1.54, 1.807) is 0 Å². The zero-order chi connectivity index (χ0) is 11.8. The van der Waals surface area contributed by atoms with E-state index in [0.29, 0.717) is 19.5 Å². The van der Waals surface area contributed by atoms with Crippen molar-refractivity contribution in [1.29, 1.82) is 0 Å². The van der Waals surface area contributed by atoms with Gasteiger partial charge in [-0.1, -0.05) is 23.7 Å². The first-order chi connectivity index (χ1) is 7.72. The number of esters is 1. The lowest BCUT2D eigenvalue weighted by atomic mass is 10.2. The van der Waals surface area contributed by atoms with Crippen molar-refractivity contribution < 1.29 is 9.53 Å². The van der Waals surface area contributed by atoms with E-state index >= 15 is 0 Å². The fourth-order valence-electron chi connectivity index (χ4n) is 1.12. The lowest BCUT2D eigenvalue weighted by molar-refractivity contribution is -0.140. The van der Waals surface area contributed by atoms with Crippen molar-refractivity contribution in [2.24, 2.45) is 0 Å². The molecule has 0 bridgehead atoms. The molecule has 0 spiro atoms. The number of benzene rings is 1. The normalized spacial score (nSPS) is 10.1. The van der Waals surface area contributed by atoms with E-state index in [1.165, 1.54) is 7.11 Å². The van der Waals surface area contributed by atoms with Gasteiger partial charge in [0.05, 0.1) is 13.5 Å². The van der Waals surface area contributed by atoms with Gasteiger partial charge in [-0.3, -0.25) is 15.6 Å². The van der Waals surface area contributed by atoms with Crippen LogP contribution in [-0.4, -0.2) is 19.6 Å². The number of nitrogens with one attached hydrogen (secondary N) is 2. The van der Waals surface area contributed by atoms with E-state index in [0.717, 1.165) is 10.6 Å². The number of hydrogen-bond donors (Lipinski definition) is 2. The Morgan fingerprint density at radius 2 is 2.00 bits per heavy atom. The lowest BCUT2D eigenvalue weighted by Gasteiger charge is -2.06. The van der Waals surface area contributed by atoms with Crippen molar-refractivity contribution in [2.45, 2.75) is 13.0 Å². The maximum Gasteiger partial charge on any atom is 0.306 e. The van der Waals surface area contributed by atoms with Gasteiger partial charge in [0.25, 0.3) is 0 Å². The van der Waals surface area contributed by atoms with Gasteiger partial charge in [0.1, 0.15) is 0 Å². The minimum atomic E-state index is -0.221. The minimum Gasteiger partial charge on any atom is -0.469 e. The first-order valence-electron chi connectivity index (χ1n) is 4.99. The van der Waals surface area contributed by atoms with Crippen molar-refractivity contribution in [3.05, 3.63) is 34.9 Å². The molecule has 0 amide bonds. The maximum atomic E-state index is 10.8. The van der Waals surface area contributed by atoms with Gasteiger partial charge in [-0.05, 0) is 17.7 Å². The summed E-state index contributed by atoms with van der Waals surface area (Å²) in [6, 6.07) is 7.56. The molecule has 0 saturated heterocycles. The number of rotatable bonds is 6. The highest BCUT2D eigenvalue weighted by atomic mass is 35.5. The van der Waals surface area contributed by atoms with Crippen LogP contribution in [0.25, 0.3) is 0 Å². The molecule has 0 fully saturated rings. The molecular weight excluding hydrogens is 228 g/mol. The maximum absolute atomic E-state index is 10.8. The van der Waals surface area contributed by atoms with Crippen LogP contribution in [0.15, 0.2) is 24.3 Å². The fraction of sp³-hybridized carbons (Fsp3) is 0.364. The van der Waals surface area contributed by atoms with Crippen LogP contribution in [0.1, 0.15) is 12.0 Å². The third kappa shape index (κ3) is 5.11. The topological polar surface area (TPSA) is 50.4 Å². The predicted molar refractivity (Wildman–Crippen MR) is 62.9 cm³/mol. The van der Waals surface area contributed by atoms with Gasteiger partial charge in [-0.25, -0.2) is 0 Å². The van der Waals surface area contributed by atoms with Crippen LogP contribution < -0.4 is 10.9 Å². The van der Waals surface area contributed by atoms with Crippen LogP contribution in [0, 0.1) is 0 Å². The number of hydrogen-bond acceptors (Lipinski definition) is 4. The standard InChI is InChI=1S/C11H15ClN2O2/c1-16-11(15)6-7-13-14-8-9-2-4-10(12)5-3-9/h2-5,13-14H,6-8H2,1H3. The molecule has 0 aliphatic carbocycles. The Hall–Kier alpha value is -1.10. The number of carbonyl (C=O) groups excluding carboxylic acids is 1. The average Bonchev–Trinajstić information content (AvgIpc) is 2.31. The molecule has 0 aromatic heterocycles. The zero-order valence-electron chi connectivity index (χ0n) is 9.13. The second-order valence-corrected chi connectivity index (χ2v) is 3.67. The molecule has 16 heavy (non-hydrogen) atoms. The minimum absolute atomic E-state index is 0.221. The van der Waals surface area contributed by atoms with Crippen LogP contribution in [0.4, 0.5) is 0 Å². The summed E-state index contributed by atoms with van der Waals surface area (Å²) in [7, 11) is 1.38. The lowest BCUT2D eigenvalue weighted by Crippen LogP contribution is -2.33. The van der Waals surface area contributed by atoms with Gasteiger partial charge in [0.15, 0.2) is 0 Å². The second-order valence-electron chi connectivity index (χ2n) is 3.23. The Balaban J connectivity index is 2.11. The van der Waals surface area contributed by atoms with Crippen LogP contribution in [-0.2, 0) is 16.1 Å². The van der Waals surface area contributed by atoms with Gasteiger partial charge >= 0.3 is 5.97 Å². The first kappa shape index (κ1) is 13.0. The van der Waals surface area contributed by atoms with Gasteiger partial charge in [-0.15, -0.1) is 0 Å². The van der Waals surface area contributed by atoms with Gasteiger partial charge in [0, 0.05) is 18.1 Å². The third-order valence-electron chi connectivity index (χ3n) is 2.01. The number of halogens is 1. The number of carbonyl (C=O) groups is 1. The molecule has 0 heterocycles. The molecule has 1 aromatic rings. The zero-order valence-corrected chi connectivity index (χ0v) is 9.88. The molecule has 0 unspecified atom stereocenters. The van der Waals surface area contributed by atoms with E-state index in [-0.39, 0.29) is 5.97 Å². The molecule has 1 aromatic carbocycles.